The maximum Gasteiger partial charge on any atom is 0.306 e. The van der Waals surface area contributed by atoms with Gasteiger partial charge in [-0.1, -0.05) is 22.6 Å². The Balaban J connectivity index is 1.96. The Morgan fingerprint density at radius 2 is 2.20 bits per heavy atom. The third kappa shape index (κ3) is 3.64. The summed E-state index contributed by atoms with van der Waals surface area (Å²) in [5, 5.41) is 10.3. The number of rotatable bonds is 6. The average molecular weight is 398 g/mol. The zero-order valence-corrected chi connectivity index (χ0v) is 14.1. The fraction of sp³-hybridized carbons (Fsp3) is 0.929. The first-order valence-electron chi connectivity index (χ1n) is 7.10. The Bertz CT molecular complexity index is 338. The number of aliphatic hydroxyl groups excluding tert-OH is 1. The highest BCUT2D eigenvalue weighted by molar-refractivity contribution is 14.1. The molecular formula is C14H23IO5. The number of carbonyl (C=O) groups excluding carboxylic acids is 1. The molecule has 0 spiro atoms. The van der Waals surface area contributed by atoms with Gasteiger partial charge in [0.05, 0.1) is 18.8 Å². The minimum atomic E-state index is -0.366. The van der Waals surface area contributed by atoms with Crippen LogP contribution in [0.3, 0.4) is 0 Å². The van der Waals surface area contributed by atoms with Gasteiger partial charge < -0.3 is 19.3 Å². The van der Waals surface area contributed by atoms with Crippen LogP contribution >= 0.6 is 22.6 Å². The van der Waals surface area contributed by atoms with E-state index in [1.807, 2.05) is 0 Å². The third-order valence-corrected chi connectivity index (χ3v) is 5.78. The molecule has 0 radical (unpaired) electrons. The van der Waals surface area contributed by atoms with Gasteiger partial charge in [0, 0.05) is 36.9 Å². The van der Waals surface area contributed by atoms with E-state index in [1.54, 1.807) is 14.2 Å². The highest BCUT2D eigenvalue weighted by Gasteiger charge is 2.44. The Labute approximate surface area is 133 Å². The predicted molar refractivity (Wildman–Crippen MR) is 81.8 cm³/mol. The highest BCUT2D eigenvalue weighted by atomic mass is 127. The van der Waals surface area contributed by atoms with Crippen molar-refractivity contribution in [2.75, 3.05) is 20.8 Å². The second kappa shape index (κ2) is 7.38. The molecule has 1 saturated carbocycles. The lowest BCUT2D eigenvalue weighted by atomic mass is 9.88. The van der Waals surface area contributed by atoms with Gasteiger partial charge in [0.15, 0.2) is 0 Å². The van der Waals surface area contributed by atoms with E-state index in [0.717, 1.165) is 12.8 Å². The number of ether oxygens (including phenoxy) is 3. The predicted octanol–water partition coefficient (Wildman–Crippen LogP) is 1.54. The van der Waals surface area contributed by atoms with Crippen molar-refractivity contribution < 1.29 is 24.1 Å². The number of carbonyl (C=O) groups is 1. The summed E-state index contributed by atoms with van der Waals surface area (Å²) in [7, 11) is 3.36. The van der Waals surface area contributed by atoms with E-state index in [0.29, 0.717) is 19.4 Å². The molecule has 116 valence electrons. The molecule has 6 atom stereocenters. The lowest BCUT2D eigenvalue weighted by molar-refractivity contribution is -0.141. The molecule has 0 aromatic heterocycles. The van der Waals surface area contributed by atoms with Crippen molar-refractivity contribution in [2.45, 2.75) is 47.9 Å². The van der Waals surface area contributed by atoms with Crippen molar-refractivity contribution in [3.05, 3.63) is 0 Å². The maximum atomic E-state index is 11.2. The number of methoxy groups -OCH3 is 2. The number of esters is 1. The molecule has 6 heteroatoms. The Kier molecular flexibility index (Phi) is 6.07. The molecule has 2 unspecified atom stereocenters. The molecule has 2 fully saturated rings. The molecule has 2 rings (SSSR count). The summed E-state index contributed by atoms with van der Waals surface area (Å²) in [6, 6.07) is 0. The molecule has 1 heterocycles. The minimum Gasteiger partial charge on any atom is -0.461 e. The maximum absolute atomic E-state index is 11.2. The van der Waals surface area contributed by atoms with Crippen LogP contribution in [0.4, 0.5) is 0 Å². The van der Waals surface area contributed by atoms with Gasteiger partial charge in [-0.3, -0.25) is 4.79 Å². The summed E-state index contributed by atoms with van der Waals surface area (Å²) in [6.45, 7) is 0.591. The molecule has 0 bridgehead atoms. The number of hydrogen-bond donors (Lipinski definition) is 1. The first kappa shape index (κ1) is 16.5. The summed E-state index contributed by atoms with van der Waals surface area (Å²) in [6.07, 6.45) is 2.45. The molecule has 5 nitrogen and oxygen atoms in total. The Hall–Kier alpha value is 0.0800. The largest absolute Gasteiger partial charge is 0.461 e. The van der Waals surface area contributed by atoms with Gasteiger partial charge in [-0.25, -0.2) is 0 Å². The molecular weight excluding hydrogens is 375 g/mol. The van der Waals surface area contributed by atoms with Gasteiger partial charge in [0.1, 0.15) is 6.10 Å². The zero-order valence-electron chi connectivity index (χ0n) is 12.0. The standard InChI is InChI=1S/C14H23IO5/c1-18-7-9-8(11(16)6-13(9)19-2)5-10(15)12-3-4-14(17)20-12/h8-13,16H,3-7H2,1-2H3/t8-,9-,10?,11-,12?,13-/m1/s1. The second-order valence-electron chi connectivity index (χ2n) is 5.68. The van der Waals surface area contributed by atoms with E-state index in [-0.39, 0.29) is 40.0 Å². The fourth-order valence-electron chi connectivity index (χ4n) is 3.39. The summed E-state index contributed by atoms with van der Waals surface area (Å²) in [4.78, 5) is 11.2. The minimum absolute atomic E-state index is 0.0138. The van der Waals surface area contributed by atoms with E-state index in [9.17, 15) is 9.90 Å². The van der Waals surface area contributed by atoms with Gasteiger partial charge in [-0.2, -0.15) is 0 Å². The van der Waals surface area contributed by atoms with Crippen LogP contribution in [0.2, 0.25) is 0 Å². The van der Waals surface area contributed by atoms with Crippen LogP contribution in [-0.2, 0) is 19.0 Å². The normalized spacial score (nSPS) is 39.0. The van der Waals surface area contributed by atoms with E-state index in [1.165, 1.54) is 0 Å². The molecule has 20 heavy (non-hydrogen) atoms. The SMILES string of the molecule is COC[C@@H]1[C@@H](CC(I)C2CCC(=O)O2)[C@H](O)C[C@H]1OC. The lowest BCUT2D eigenvalue weighted by Gasteiger charge is -2.27. The molecule has 0 aromatic rings. The second-order valence-corrected chi connectivity index (χ2v) is 7.28. The van der Waals surface area contributed by atoms with Gasteiger partial charge in [-0.05, 0) is 18.8 Å². The molecule has 2 aliphatic rings. The smallest absolute Gasteiger partial charge is 0.306 e. The highest BCUT2D eigenvalue weighted by Crippen LogP contribution is 2.40. The molecule has 1 N–H and O–H groups in total. The van der Waals surface area contributed by atoms with Crippen molar-refractivity contribution in [2.24, 2.45) is 11.8 Å². The van der Waals surface area contributed by atoms with Crippen molar-refractivity contribution in [1.82, 2.24) is 0 Å². The molecule has 1 aliphatic heterocycles. The first-order valence-corrected chi connectivity index (χ1v) is 8.34. The number of alkyl halides is 1. The first-order chi connectivity index (χ1) is 9.56. The Morgan fingerprint density at radius 3 is 2.75 bits per heavy atom. The van der Waals surface area contributed by atoms with E-state index in [2.05, 4.69) is 22.6 Å². The van der Waals surface area contributed by atoms with E-state index >= 15 is 0 Å². The lowest BCUT2D eigenvalue weighted by Crippen LogP contribution is -2.32. The van der Waals surface area contributed by atoms with Gasteiger partial charge in [0.25, 0.3) is 0 Å². The summed E-state index contributed by atoms with van der Waals surface area (Å²) in [5.74, 6) is 0.238. The summed E-state index contributed by atoms with van der Waals surface area (Å²) in [5.41, 5.74) is 0. The quantitative estimate of drug-likeness (QED) is 0.418. The van der Waals surface area contributed by atoms with Gasteiger partial charge >= 0.3 is 5.97 Å². The number of hydrogen-bond acceptors (Lipinski definition) is 5. The number of cyclic esters (lactones) is 1. The molecule has 0 aromatic carbocycles. The van der Waals surface area contributed by atoms with Crippen LogP contribution in [0.15, 0.2) is 0 Å². The van der Waals surface area contributed by atoms with Gasteiger partial charge in [-0.15, -0.1) is 0 Å². The van der Waals surface area contributed by atoms with Crippen LogP contribution in [0.5, 0.6) is 0 Å². The molecule has 1 saturated heterocycles. The summed E-state index contributed by atoms with van der Waals surface area (Å²) >= 11 is 2.34. The third-order valence-electron chi connectivity index (χ3n) is 4.47. The van der Waals surface area contributed by atoms with E-state index in [4.69, 9.17) is 14.2 Å². The number of aliphatic hydroxyl groups is 1. The summed E-state index contributed by atoms with van der Waals surface area (Å²) < 4.78 is 16.3. The zero-order chi connectivity index (χ0) is 14.7. The Morgan fingerprint density at radius 1 is 1.45 bits per heavy atom. The van der Waals surface area contributed by atoms with Crippen LogP contribution in [-0.4, -0.2) is 54.1 Å². The molecule has 0 amide bonds. The van der Waals surface area contributed by atoms with Crippen LogP contribution in [0.25, 0.3) is 0 Å². The van der Waals surface area contributed by atoms with Crippen molar-refractivity contribution in [3.63, 3.8) is 0 Å². The van der Waals surface area contributed by atoms with Crippen LogP contribution in [0, 0.1) is 11.8 Å². The fourth-order valence-corrected chi connectivity index (χ4v) is 4.48. The monoisotopic (exact) mass is 398 g/mol. The van der Waals surface area contributed by atoms with Crippen molar-refractivity contribution in [3.8, 4) is 0 Å². The van der Waals surface area contributed by atoms with Crippen molar-refractivity contribution in [1.29, 1.82) is 0 Å². The number of halogens is 1. The molecule has 1 aliphatic carbocycles. The van der Waals surface area contributed by atoms with Gasteiger partial charge in [0.2, 0.25) is 0 Å². The van der Waals surface area contributed by atoms with Crippen LogP contribution < -0.4 is 0 Å². The van der Waals surface area contributed by atoms with Crippen LogP contribution in [0.1, 0.15) is 25.7 Å². The average Bonchev–Trinajstić information content (AvgIpc) is 2.97. The van der Waals surface area contributed by atoms with Crippen molar-refractivity contribution >= 4 is 28.6 Å². The van der Waals surface area contributed by atoms with E-state index < -0.39 is 0 Å². The topological polar surface area (TPSA) is 65.0 Å².